The highest BCUT2D eigenvalue weighted by Gasteiger charge is 2.50. The van der Waals surface area contributed by atoms with Gasteiger partial charge in [0, 0.05) is 0 Å². The Morgan fingerprint density at radius 3 is 1.25 bits per heavy atom. The molecule has 0 aromatic carbocycles. The summed E-state index contributed by atoms with van der Waals surface area (Å²) in [5, 5.41) is 0. The maximum atomic E-state index is 11.6. The summed E-state index contributed by atoms with van der Waals surface area (Å²) < 4.78 is 31.1. The average molecular weight is 232 g/mol. The van der Waals surface area contributed by atoms with E-state index in [1.54, 1.807) is 15.9 Å². The van der Waals surface area contributed by atoms with Gasteiger partial charge in [-0.2, -0.15) is 13.2 Å². The van der Waals surface area contributed by atoms with E-state index in [-0.39, 0.29) is 0 Å². The molecule has 0 aliphatic carbocycles. The lowest BCUT2D eigenvalue weighted by atomic mass is 10.8. The minimum absolute atomic E-state index is 1.63. The van der Waals surface area contributed by atoms with Crippen molar-refractivity contribution >= 4 is 39.1 Å². The van der Waals surface area contributed by atoms with Crippen LogP contribution in [0.5, 0.6) is 0 Å². The van der Waals surface area contributed by atoms with Gasteiger partial charge in [0.2, 0.25) is 0 Å². The third-order valence-electron chi connectivity index (χ3n) is 0.321. The van der Waals surface area contributed by atoms with Crippen molar-refractivity contribution < 1.29 is 13.2 Å². The Labute approximate surface area is 62.1 Å². The van der Waals surface area contributed by atoms with Crippen LogP contribution in [0.1, 0.15) is 0 Å². The van der Waals surface area contributed by atoms with Crippen molar-refractivity contribution in [2.75, 3.05) is 0 Å². The Hall–Kier alpha value is 0.850. The van der Waals surface area contributed by atoms with Crippen LogP contribution in [0.15, 0.2) is 0 Å². The lowest BCUT2D eigenvalue weighted by Crippen LogP contribution is -2.26. The smallest absolute Gasteiger partial charge is 0.200 e. The summed E-state index contributed by atoms with van der Waals surface area (Å²) in [6, 6.07) is 0. The molecule has 0 N–H and O–H groups in total. The summed E-state index contributed by atoms with van der Waals surface area (Å²) in [7, 11) is 0. The topological polar surface area (TPSA) is 0 Å². The molecule has 0 aromatic heterocycles. The summed E-state index contributed by atoms with van der Waals surface area (Å²) in [5.41, 5.74) is 0. The second-order valence-electron chi connectivity index (χ2n) is 0.996. The van der Waals surface area contributed by atoms with Gasteiger partial charge in [-0.25, -0.2) is 0 Å². The second kappa shape index (κ2) is 2.23. The molecule has 0 unspecified atom stereocenters. The fourth-order valence-corrected chi connectivity index (χ4v) is 0. The quantitative estimate of drug-likeness (QED) is 0.609. The molecule has 0 nitrogen and oxygen atoms in total. The largest absolute Gasteiger partial charge is 0.362 e. The zero-order valence-electron chi connectivity index (χ0n) is 3.27. The molecule has 0 aromatic rings. The molecule has 8 heavy (non-hydrogen) atoms. The fourth-order valence-electron chi connectivity index (χ4n) is 0. The minimum atomic E-state index is -3.89. The van der Waals surface area contributed by atoms with Gasteiger partial charge in [0.1, 0.15) is 0 Å². The zero-order valence-corrected chi connectivity index (χ0v) is 6.37. The zero-order chi connectivity index (χ0) is 7.00. The van der Waals surface area contributed by atoms with Crippen LogP contribution < -0.4 is 0 Å². The van der Waals surface area contributed by atoms with E-state index in [0.29, 0.717) is 0 Å². The number of rotatable bonds is 1. The Morgan fingerprint density at radius 2 is 1.25 bits per heavy atom. The lowest BCUT2D eigenvalue weighted by molar-refractivity contribution is 0.0401. The van der Waals surface area contributed by atoms with Crippen molar-refractivity contribution in [2.24, 2.45) is 0 Å². The molecule has 0 bridgehead atoms. The number of hydrogen-bond donors (Lipinski definition) is 0. The van der Waals surface area contributed by atoms with Crippen LogP contribution in [0.2, 0.25) is 0 Å². The molecule has 0 aliphatic heterocycles. The van der Waals surface area contributed by atoms with Crippen LogP contribution in [0.4, 0.5) is 13.2 Å². The van der Waals surface area contributed by atoms with Gasteiger partial charge in [0.25, 0.3) is 0 Å². The van der Waals surface area contributed by atoms with Gasteiger partial charge in [-0.15, -0.1) is 0 Å². The molecule has 0 fully saturated rings. The highest BCUT2D eigenvalue weighted by Crippen LogP contribution is 2.43. The van der Waals surface area contributed by atoms with E-state index in [9.17, 15) is 13.2 Å². The van der Waals surface area contributed by atoms with Gasteiger partial charge < -0.3 is 0 Å². The molecule has 50 valence electrons. The van der Waals surface area contributed by atoms with Crippen molar-refractivity contribution in [2.45, 2.75) is 9.42 Å². The van der Waals surface area contributed by atoms with Gasteiger partial charge in [-0.1, -0.05) is 23.2 Å². The Morgan fingerprint density at radius 1 is 1.12 bits per heavy atom. The van der Waals surface area contributed by atoms with Gasteiger partial charge >= 0.3 is 9.42 Å². The summed E-state index contributed by atoms with van der Waals surface area (Å²) in [6.07, 6.45) is 0. The molecular formula is C2BrCl2F3. The van der Waals surface area contributed by atoms with Gasteiger partial charge in [-0.3, -0.25) is 0 Å². The van der Waals surface area contributed by atoms with Crippen LogP contribution in [-0.2, 0) is 0 Å². The fraction of sp³-hybridized carbons (Fsp3) is 1.00. The molecule has 0 aliphatic rings. The van der Waals surface area contributed by atoms with E-state index in [1.165, 1.54) is 0 Å². The maximum absolute atomic E-state index is 11.6. The maximum Gasteiger partial charge on any atom is 0.362 e. The number of alkyl halides is 6. The predicted octanol–water partition coefficient (Wildman–Crippen LogP) is 3.08. The molecule has 0 saturated heterocycles. The van der Waals surface area contributed by atoms with E-state index in [1.807, 2.05) is 0 Å². The monoisotopic (exact) mass is 230 g/mol. The molecular weight excluding hydrogens is 232 g/mol. The van der Waals surface area contributed by atoms with Crippen molar-refractivity contribution in [3.05, 3.63) is 0 Å². The SMILES string of the molecule is FC(Cl)(Cl)C(F)(F)Br. The van der Waals surface area contributed by atoms with E-state index in [4.69, 9.17) is 0 Å². The molecule has 0 rings (SSSR count). The van der Waals surface area contributed by atoms with Crippen LogP contribution in [-0.4, -0.2) is 9.42 Å². The van der Waals surface area contributed by atoms with Crippen molar-refractivity contribution in [1.82, 2.24) is 0 Å². The third-order valence-corrected chi connectivity index (χ3v) is 1.80. The normalized spacial score (nSPS) is 14.2. The van der Waals surface area contributed by atoms with Crippen LogP contribution >= 0.6 is 39.1 Å². The number of hydrogen-bond acceptors (Lipinski definition) is 0. The van der Waals surface area contributed by atoms with Crippen molar-refractivity contribution in [3.63, 3.8) is 0 Å². The summed E-state index contributed by atoms with van der Waals surface area (Å²) in [6.45, 7) is 0. The van der Waals surface area contributed by atoms with E-state index >= 15 is 0 Å². The Balaban J connectivity index is 4.02. The van der Waals surface area contributed by atoms with Crippen LogP contribution in [0.25, 0.3) is 0 Å². The van der Waals surface area contributed by atoms with Gasteiger partial charge in [-0.05, 0) is 15.9 Å². The second-order valence-corrected chi connectivity index (χ2v) is 3.23. The molecule has 0 atom stereocenters. The first kappa shape index (κ1) is 8.85. The first-order chi connectivity index (χ1) is 3.25. The van der Waals surface area contributed by atoms with Crippen molar-refractivity contribution in [3.8, 4) is 0 Å². The first-order valence-electron chi connectivity index (χ1n) is 1.38. The summed E-state index contributed by atoms with van der Waals surface area (Å²) in [5.74, 6) is 0. The highest BCUT2D eigenvalue weighted by molar-refractivity contribution is 9.10. The van der Waals surface area contributed by atoms with Gasteiger partial charge in [0.15, 0.2) is 0 Å². The van der Waals surface area contributed by atoms with Gasteiger partial charge in [0.05, 0.1) is 0 Å². The lowest BCUT2D eigenvalue weighted by Gasteiger charge is -2.14. The van der Waals surface area contributed by atoms with Crippen LogP contribution in [0.3, 0.4) is 0 Å². The molecule has 0 saturated carbocycles. The van der Waals surface area contributed by atoms with Crippen LogP contribution in [0, 0.1) is 0 Å². The predicted molar refractivity (Wildman–Crippen MR) is 29.4 cm³/mol. The number of halogens is 6. The van der Waals surface area contributed by atoms with Crippen molar-refractivity contribution in [1.29, 1.82) is 0 Å². The molecule has 0 heterocycles. The summed E-state index contributed by atoms with van der Waals surface area (Å²) >= 11 is 10.2. The molecule has 0 radical (unpaired) electrons. The molecule has 6 heteroatoms. The Kier molecular flexibility index (Phi) is 2.47. The standard InChI is InChI=1S/C2BrCl2F3/c3-1(6,7)2(4,5)8. The highest BCUT2D eigenvalue weighted by atomic mass is 79.9. The van der Waals surface area contributed by atoms with E-state index in [2.05, 4.69) is 23.2 Å². The Bertz CT molecular complexity index is 70.3. The minimum Gasteiger partial charge on any atom is -0.200 e. The summed E-state index contributed by atoms with van der Waals surface area (Å²) in [4.78, 5) is -3.89. The average Bonchev–Trinajstić information content (AvgIpc) is 1.25. The first-order valence-corrected chi connectivity index (χ1v) is 2.93. The third kappa shape index (κ3) is 2.42. The molecule has 0 spiro atoms. The molecule has 0 amide bonds. The van der Waals surface area contributed by atoms with E-state index in [0.717, 1.165) is 0 Å². The van der Waals surface area contributed by atoms with E-state index < -0.39 is 9.42 Å².